The number of alkyl halides is 3. The molecule has 0 radical (unpaired) electrons. The number of H-pyrrole nitrogens is 1. The molecule has 4 N–H and O–H groups in total. The van der Waals surface area contributed by atoms with E-state index in [9.17, 15) is 18.3 Å². The van der Waals surface area contributed by atoms with Crippen molar-refractivity contribution in [3.63, 3.8) is 0 Å². The van der Waals surface area contributed by atoms with Gasteiger partial charge in [-0.25, -0.2) is 4.98 Å². The minimum Gasteiger partial charge on any atom is -0.489 e. The van der Waals surface area contributed by atoms with Gasteiger partial charge < -0.3 is 20.6 Å². The average Bonchev–Trinajstić information content (AvgIpc) is 3.35. The molecule has 0 fully saturated rings. The number of nitrogens with zero attached hydrogens (tertiary/aromatic N) is 1. The van der Waals surface area contributed by atoms with E-state index in [2.05, 4.69) is 9.97 Å². The van der Waals surface area contributed by atoms with E-state index < -0.39 is 17.3 Å². The molecule has 5 nitrogen and oxygen atoms in total. The quantitative estimate of drug-likeness (QED) is 0.277. The van der Waals surface area contributed by atoms with E-state index in [4.69, 9.17) is 10.5 Å². The zero-order valence-electron chi connectivity index (χ0n) is 18.8. The second-order valence-corrected chi connectivity index (χ2v) is 9.40. The Bertz CT molecular complexity index is 1290. The number of nitrogens with one attached hydrogen (secondary N) is 1. The van der Waals surface area contributed by atoms with E-state index in [1.807, 2.05) is 30.3 Å². The van der Waals surface area contributed by atoms with Gasteiger partial charge in [0.25, 0.3) is 0 Å². The Morgan fingerprint density at radius 1 is 1.03 bits per heavy atom. The van der Waals surface area contributed by atoms with Gasteiger partial charge in [-0.1, -0.05) is 54.2 Å². The third-order valence-electron chi connectivity index (χ3n) is 5.32. The van der Waals surface area contributed by atoms with Crippen molar-refractivity contribution in [1.82, 2.24) is 9.97 Å². The van der Waals surface area contributed by atoms with Gasteiger partial charge in [-0.3, -0.25) is 0 Å². The van der Waals surface area contributed by atoms with Crippen LogP contribution in [0.4, 0.5) is 13.2 Å². The molecule has 0 aliphatic carbocycles. The molecule has 9 heteroatoms. The first-order chi connectivity index (χ1) is 16.7. The molecule has 4 aromatic rings. The molecule has 1 atom stereocenters. The number of aliphatic hydroxyl groups is 1. The summed E-state index contributed by atoms with van der Waals surface area (Å²) in [6.07, 6.45) is -3.15. The second-order valence-electron chi connectivity index (χ2n) is 8.28. The summed E-state index contributed by atoms with van der Waals surface area (Å²) in [5.74, 6) is 0.858. The van der Waals surface area contributed by atoms with E-state index in [-0.39, 0.29) is 17.3 Å². The van der Waals surface area contributed by atoms with Gasteiger partial charge in [-0.2, -0.15) is 13.2 Å². The van der Waals surface area contributed by atoms with Gasteiger partial charge in [0, 0.05) is 15.4 Å². The Balaban J connectivity index is 1.57. The maximum atomic E-state index is 14.0. The lowest BCUT2D eigenvalue weighted by Crippen LogP contribution is -2.38. The fourth-order valence-electron chi connectivity index (χ4n) is 3.34. The molecule has 0 aliphatic rings. The Kier molecular flexibility index (Phi) is 7.20. The van der Waals surface area contributed by atoms with Crippen LogP contribution in [-0.2, 0) is 18.3 Å². The Morgan fingerprint density at radius 2 is 1.80 bits per heavy atom. The number of ether oxygens (including phenoxy) is 1. The van der Waals surface area contributed by atoms with Crippen molar-refractivity contribution < 1.29 is 23.0 Å². The summed E-state index contributed by atoms with van der Waals surface area (Å²) in [6.45, 7) is 1.58. The summed E-state index contributed by atoms with van der Waals surface area (Å²) in [7, 11) is 0. The molecule has 0 saturated carbocycles. The lowest BCUT2D eigenvalue weighted by molar-refractivity contribution is -0.139. The summed E-state index contributed by atoms with van der Waals surface area (Å²) in [5, 5.41) is 9.42. The van der Waals surface area contributed by atoms with E-state index >= 15 is 0 Å². The lowest BCUT2D eigenvalue weighted by atomic mass is 10.1. The van der Waals surface area contributed by atoms with Crippen LogP contribution < -0.4 is 10.5 Å². The summed E-state index contributed by atoms with van der Waals surface area (Å²) in [5.41, 5.74) is 5.77. The molecule has 0 saturated heterocycles. The molecule has 1 aromatic heterocycles. The molecule has 0 aliphatic heterocycles. The van der Waals surface area contributed by atoms with E-state index in [1.165, 1.54) is 12.3 Å². The summed E-state index contributed by atoms with van der Waals surface area (Å²) < 4.78 is 47.7. The van der Waals surface area contributed by atoms with Gasteiger partial charge in [-0.05, 0) is 42.8 Å². The van der Waals surface area contributed by atoms with Crippen LogP contribution in [0, 0.1) is 0 Å². The molecule has 0 bridgehead atoms. The first-order valence-electron chi connectivity index (χ1n) is 10.8. The van der Waals surface area contributed by atoms with Crippen LogP contribution in [0.15, 0.2) is 88.8 Å². The summed E-state index contributed by atoms with van der Waals surface area (Å²) >= 11 is 1.02. The van der Waals surface area contributed by atoms with Crippen molar-refractivity contribution in [3.05, 3.63) is 95.9 Å². The number of hydrogen-bond donors (Lipinski definition) is 3. The van der Waals surface area contributed by atoms with Gasteiger partial charge in [0.1, 0.15) is 18.2 Å². The fourth-order valence-corrected chi connectivity index (χ4v) is 4.33. The van der Waals surface area contributed by atoms with Crippen molar-refractivity contribution in [2.45, 2.75) is 35.0 Å². The minimum atomic E-state index is -4.56. The molecule has 3 aromatic carbocycles. The van der Waals surface area contributed by atoms with Gasteiger partial charge in [0.15, 0.2) is 0 Å². The van der Waals surface area contributed by atoms with Crippen molar-refractivity contribution in [2.75, 3.05) is 6.61 Å². The van der Waals surface area contributed by atoms with Crippen LogP contribution in [-0.4, -0.2) is 21.7 Å². The van der Waals surface area contributed by atoms with Crippen LogP contribution in [0.1, 0.15) is 23.9 Å². The molecule has 0 amide bonds. The molecule has 4 rings (SSSR count). The maximum absolute atomic E-state index is 14.0. The van der Waals surface area contributed by atoms with Crippen molar-refractivity contribution in [2.24, 2.45) is 5.73 Å². The highest BCUT2D eigenvalue weighted by molar-refractivity contribution is 7.99. The average molecular weight is 500 g/mol. The molecular formula is C26H24F3N3O2S. The first-order valence-corrected chi connectivity index (χ1v) is 11.6. The van der Waals surface area contributed by atoms with Gasteiger partial charge in [-0.15, -0.1) is 0 Å². The summed E-state index contributed by atoms with van der Waals surface area (Å²) in [6, 6.07) is 20.7. The van der Waals surface area contributed by atoms with Crippen molar-refractivity contribution in [3.8, 4) is 17.0 Å². The molecule has 35 heavy (non-hydrogen) atoms. The first kappa shape index (κ1) is 24.8. The number of nitrogens with two attached hydrogens (primary N) is 1. The standard InChI is InChI=1S/C26H24F3N3O2S/c1-25(30,16-33)24-31-14-22(32-24)18-10-11-23(21(12-18)26(27,28)29)35-20-9-5-8-19(13-20)34-15-17-6-3-2-4-7-17/h2-14,33H,15-16,30H2,1H3,(H,31,32). The van der Waals surface area contributed by atoms with Crippen LogP contribution in [0.5, 0.6) is 5.75 Å². The Morgan fingerprint density at radius 3 is 2.51 bits per heavy atom. The number of aromatic nitrogens is 2. The van der Waals surface area contributed by atoms with E-state index in [0.29, 0.717) is 28.5 Å². The third kappa shape index (κ3) is 6.05. The zero-order chi connectivity index (χ0) is 25.1. The van der Waals surface area contributed by atoms with Crippen LogP contribution in [0.25, 0.3) is 11.3 Å². The zero-order valence-corrected chi connectivity index (χ0v) is 19.7. The second kappa shape index (κ2) is 10.2. The largest absolute Gasteiger partial charge is 0.489 e. The maximum Gasteiger partial charge on any atom is 0.417 e. The van der Waals surface area contributed by atoms with Gasteiger partial charge in [0.05, 0.1) is 29.6 Å². The van der Waals surface area contributed by atoms with Crippen molar-refractivity contribution >= 4 is 11.8 Å². The van der Waals surface area contributed by atoms with Crippen LogP contribution >= 0.6 is 11.8 Å². The molecule has 182 valence electrons. The van der Waals surface area contributed by atoms with E-state index in [0.717, 1.165) is 23.4 Å². The predicted molar refractivity (Wildman–Crippen MR) is 129 cm³/mol. The molecular weight excluding hydrogens is 475 g/mol. The Hall–Kier alpha value is -3.27. The lowest BCUT2D eigenvalue weighted by Gasteiger charge is -2.18. The minimum absolute atomic E-state index is 0.0696. The molecule has 1 unspecified atom stereocenters. The number of aromatic amines is 1. The number of imidazole rings is 1. The molecule has 0 spiro atoms. The number of halogens is 3. The van der Waals surface area contributed by atoms with Crippen LogP contribution in [0.3, 0.4) is 0 Å². The topological polar surface area (TPSA) is 84.2 Å². The highest BCUT2D eigenvalue weighted by Crippen LogP contribution is 2.42. The summed E-state index contributed by atoms with van der Waals surface area (Å²) in [4.78, 5) is 7.74. The monoisotopic (exact) mass is 499 g/mol. The predicted octanol–water partition coefficient (Wildman–Crippen LogP) is 5.99. The van der Waals surface area contributed by atoms with Crippen molar-refractivity contribution in [1.29, 1.82) is 0 Å². The van der Waals surface area contributed by atoms with E-state index in [1.54, 1.807) is 37.3 Å². The highest BCUT2D eigenvalue weighted by Gasteiger charge is 2.34. The van der Waals surface area contributed by atoms with Gasteiger partial charge in [0.2, 0.25) is 0 Å². The van der Waals surface area contributed by atoms with Gasteiger partial charge >= 0.3 is 6.18 Å². The number of hydrogen-bond acceptors (Lipinski definition) is 5. The smallest absolute Gasteiger partial charge is 0.417 e. The fraction of sp³-hybridized carbons (Fsp3) is 0.192. The third-order valence-corrected chi connectivity index (χ3v) is 6.39. The number of rotatable bonds is 8. The Labute approximate surface area is 205 Å². The van der Waals surface area contributed by atoms with Crippen LogP contribution in [0.2, 0.25) is 0 Å². The molecule has 1 heterocycles. The number of aliphatic hydroxyl groups excluding tert-OH is 1. The SMILES string of the molecule is CC(N)(CO)c1ncc(-c2ccc(Sc3cccc(OCc4ccccc4)c3)c(C(F)(F)F)c2)[nH]1. The number of benzene rings is 3. The highest BCUT2D eigenvalue weighted by atomic mass is 32.2. The normalized spacial score (nSPS) is 13.4.